The molecule has 0 saturated carbocycles. The van der Waals surface area contributed by atoms with Crippen molar-refractivity contribution in [2.24, 2.45) is 0 Å². The Morgan fingerprint density at radius 2 is 1.81 bits per heavy atom. The van der Waals surface area contributed by atoms with Crippen LogP contribution in [0.3, 0.4) is 0 Å². The highest BCUT2D eigenvalue weighted by Crippen LogP contribution is 2.24. The fraction of sp³-hybridized carbons (Fsp3) is 0.611. The number of fused-ring (bicyclic) bond motifs is 1. The molecular weight excluding hydrogens is 354 g/mol. The summed E-state index contributed by atoms with van der Waals surface area (Å²) in [4.78, 5) is 15.6. The number of methoxy groups -OCH3 is 1. The average Bonchev–Trinajstić information content (AvgIpc) is 2.67. The van der Waals surface area contributed by atoms with E-state index in [4.69, 9.17) is 4.74 Å². The predicted molar refractivity (Wildman–Crippen MR) is 98.7 cm³/mol. The Bertz CT molecular complexity index is 743. The molecular formula is C18H27N3O4S. The van der Waals surface area contributed by atoms with E-state index >= 15 is 0 Å². The SMILES string of the molecule is COC(=O)N1CCN(CCNS(=O)(=O)c2ccc3c(c2)CCCC3)CC1. The molecule has 3 rings (SSSR count). The number of rotatable bonds is 5. The zero-order valence-corrected chi connectivity index (χ0v) is 16.1. The number of hydrogen-bond acceptors (Lipinski definition) is 5. The minimum absolute atomic E-state index is 0.308. The minimum atomic E-state index is -3.48. The number of ether oxygens (including phenoxy) is 1. The van der Waals surface area contributed by atoms with E-state index in [1.165, 1.54) is 19.1 Å². The molecule has 0 aromatic heterocycles. The summed E-state index contributed by atoms with van der Waals surface area (Å²) >= 11 is 0. The third-order valence-corrected chi connectivity index (χ3v) is 6.61. The number of piperazine rings is 1. The smallest absolute Gasteiger partial charge is 0.409 e. The second-order valence-electron chi connectivity index (χ2n) is 6.83. The van der Waals surface area contributed by atoms with Gasteiger partial charge in [-0.3, -0.25) is 4.90 Å². The number of aryl methyl sites for hydroxylation is 2. The molecule has 2 aliphatic rings. The lowest BCUT2D eigenvalue weighted by Gasteiger charge is -2.33. The van der Waals surface area contributed by atoms with Gasteiger partial charge in [-0.2, -0.15) is 0 Å². The van der Waals surface area contributed by atoms with E-state index in [2.05, 4.69) is 9.62 Å². The number of nitrogens with zero attached hydrogens (tertiary/aromatic N) is 2. The van der Waals surface area contributed by atoms with Crippen molar-refractivity contribution < 1.29 is 17.9 Å². The van der Waals surface area contributed by atoms with E-state index in [9.17, 15) is 13.2 Å². The number of nitrogens with one attached hydrogen (secondary N) is 1. The highest BCUT2D eigenvalue weighted by molar-refractivity contribution is 7.89. The Morgan fingerprint density at radius 3 is 2.50 bits per heavy atom. The molecule has 1 fully saturated rings. The van der Waals surface area contributed by atoms with Crippen LogP contribution in [0.15, 0.2) is 23.1 Å². The fourth-order valence-electron chi connectivity index (χ4n) is 3.58. The number of amides is 1. The van der Waals surface area contributed by atoms with Crippen LogP contribution in [0.1, 0.15) is 24.0 Å². The first-order valence-corrected chi connectivity index (χ1v) is 10.6. The van der Waals surface area contributed by atoms with Crippen LogP contribution in [-0.4, -0.2) is 70.7 Å². The molecule has 7 nitrogen and oxygen atoms in total. The zero-order valence-electron chi connectivity index (χ0n) is 15.2. The van der Waals surface area contributed by atoms with E-state index in [0.717, 1.165) is 37.9 Å². The summed E-state index contributed by atoms with van der Waals surface area (Å²) in [6.45, 7) is 3.62. The quantitative estimate of drug-likeness (QED) is 0.830. The molecule has 0 spiro atoms. The van der Waals surface area contributed by atoms with Gasteiger partial charge in [-0.15, -0.1) is 0 Å². The first kappa shape index (κ1) is 19.1. The van der Waals surface area contributed by atoms with E-state index in [1.807, 2.05) is 12.1 Å². The molecule has 0 bridgehead atoms. The maximum absolute atomic E-state index is 12.5. The van der Waals surface area contributed by atoms with Crippen LogP contribution in [0.2, 0.25) is 0 Å². The average molecular weight is 381 g/mol. The van der Waals surface area contributed by atoms with Crippen LogP contribution in [0.4, 0.5) is 4.79 Å². The Morgan fingerprint density at radius 1 is 1.12 bits per heavy atom. The summed E-state index contributed by atoms with van der Waals surface area (Å²) in [5, 5.41) is 0. The normalized spacial score (nSPS) is 18.4. The molecule has 0 radical (unpaired) electrons. The Hall–Kier alpha value is -1.64. The van der Waals surface area contributed by atoms with Gasteiger partial charge in [0.1, 0.15) is 0 Å². The molecule has 8 heteroatoms. The van der Waals surface area contributed by atoms with E-state index < -0.39 is 10.0 Å². The summed E-state index contributed by atoms with van der Waals surface area (Å²) in [5.41, 5.74) is 2.44. The molecule has 1 aliphatic carbocycles. The van der Waals surface area contributed by atoms with Crippen molar-refractivity contribution in [1.82, 2.24) is 14.5 Å². The van der Waals surface area contributed by atoms with Crippen molar-refractivity contribution in [2.45, 2.75) is 30.6 Å². The maximum atomic E-state index is 12.5. The molecule has 1 heterocycles. The monoisotopic (exact) mass is 381 g/mol. The van der Waals surface area contributed by atoms with Gasteiger partial charge in [0.15, 0.2) is 0 Å². The molecule has 1 amide bonds. The summed E-state index contributed by atoms with van der Waals surface area (Å²) in [6, 6.07) is 5.49. The number of hydrogen-bond donors (Lipinski definition) is 1. The van der Waals surface area contributed by atoms with Crippen LogP contribution in [0.25, 0.3) is 0 Å². The lowest BCUT2D eigenvalue weighted by molar-refractivity contribution is 0.0918. The van der Waals surface area contributed by atoms with E-state index in [1.54, 1.807) is 11.0 Å². The minimum Gasteiger partial charge on any atom is -0.453 e. The van der Waals surface area contributed by atoms with Crippen molar-refractivity contribution in [3.63, 3.8) is 0 Å². The van der Waals surface area contributed by atoms with E-state index in [-0.39, 0.29) is 6.09 Å². The summed E-state index contributed by atoms with van der Waals surface area (Å²) in [7, 11) is -2.10. The summed E-state index contributed by atoms with van der Waals surface area (Å²) in [5.74, 6) is 0. The molecule has 144 valence electrons. The maximum Gasteiger partial charge on any atom is 0.409 e. The third-order valence-electron chi connectivity index (χ3n) is 5.16. The molecule has 26 heavy (non-hydrogen) atoms. The van der Waals surface area contributed by atoms with Gasteiger partial charge in [0, 0.05) is 39.3 Å². The zero-order chi connectivity index (χ0) is 18.6. The number of benzene rings is 1. The largest absolute Gasteiger partial charge is 0.453 e. The molecule has 1 aromatic rings. The molecule has 1 N–H and O–H groups in total. The van der Waals surface area contributed by atoms with Crippen LogP contribution in [0.5, 0.6) is 0 Å². The van der Waals surface area contributed by atoms with Gasteiger partial charge in [-0.25, -0.2) is 17.9 Å². The van der Waals surface area contributed by atoms with Crippen molar-refractivity contribution in [2.75, 3.05) is 46.4 Å². The molecule has 1 aliphatic heterocycles. The third kappa shape index (κ3) is 4.55. The van der Waals surface area contributed by atoms with Gasteiger partial charge in [-0.05, 0) is 48.9 Å². The lowest BCUT2D eigenvalue weighted by atomic mass is 9.92. The number of sulfonamides is 1. The number of carbonyl (C=O) groups excluding carboxylic acids is 1. The van der Waals surface area contributed by atoms with Gasteiger partial charge >= 0.3 is 6.09 Å². The van der Waals surface area contributed by atoms with Gasteiger partial charge < -0.3 is 9.64 Å². The summed E-state index contributed by atoms with van der Waals surface area (Å²) < 4.78 is 32.5. The predicted octanol–water partition coefficient (Wildman–Crippen LogP) is 1.23. The fourth-order valence-corrected chi connectivity index (χ4v) is 4.65. The Kier molecular flexibility index (Phi) is 6.16. The number of carbonyl (C=O) groups is 1. The van der Waals surface area contributed by atoms with Crippen molar-refractivity contribution in [3.05, 3.63) is 29.3 Å². The van der Waals surface area contributed by atoms with Gasteiger partial charge in [-0.1, -0.05) is 6.07 Å². The highest BCUT2D eigenvalue weighted by Gasteiger charge is 2.22. The van der Waals surface area contributed by atoms with Crippen LogP contribution < -0.4 is 4.72 Å². The molecule has 0 unspecified atom stereocenters. The Labute approximate surface area is 155 Å². The first-order valence-electron chi connectivity index (χ1n) is 9.16. The van der Waals surface area contributed by atoms with Crippen LogP contribution in [0, 0.1) is 0 Å². The first-order chi connectivity index (χ1) is 12.5. The Balaban J connectivity index is 1.49. The highest BCUT2D eigenvalue weighted by atomic mass is 32.2. The topological polar surface area (TPSA) is 79.0 Å². The molecule has 0 atom stereocenters. The summed E-state index contributed by atoms with van der Waals surface area (Å²) in [6.07, 6.45) is 4.00. The second-order valence-corrected chi connectivity index (χ2v) is 8.60. The van der Waals surface area contributed by atoms with Gasteiger partial charge in [0.05, 0.1) is 12.0 Å². The van der Waals surface area contributed by atoms with Gasteiger partial charge in [0.2, 0.25) is 10.0 Å². The van der Waals surface area contributed by atoms with Crippen LogP contribution >= 0.6 is 0 Å². The molecule has 1 aromatic carbocycles. The van der Waals surface area contributed by atoms with Crippen LogP contribution in [-0.2, 0) is 27.6 Å². The van der Waals surface area contributed by atoms with E-state index in [0.29, 0.717) is 31.1 Å². The van der Waals surface area contributed by atoms with Crippen molar-refractivity contribution in [3.8, 4) is 0 Å². The second kappa shape index (κ2) is 8.37. The van der Waals surface area contributed by atoms with Crippen molar-refractivity contribution >= 4 is 16.1 Å². The lowest BCUT2D eigenvalue weighted by Crippen LogP contribution is -2.50. The van der Waals surface area contributed by atoms with Gasteiger partial charge in [0.25, 0.3) is 0 Å². The van der Waals surface area contributed by atoms with Crippen molar-refractivity contribution in [1.29, 1.82) is 0 Å². The standard InChI is InChI=1S/C18H27N3O4S/c1-25-18(22)21-12-10-20(11-13-21)9-8-19-26(23,24)17-7-6-15-4-2-3-5-16(15)14-17/h6-7,14,19H,2-5,8-13H2,1H3. The molecule has 1 saturated heterocycles.